The smallest absolute Gasteiger partial charge is 0.180 e. The maximum atomic E-state index is 2.58. The van der Waals surface area contributed by atoms with Crippen molar-refractivity contribution in [1.29, 1.82) is 0 Å². The summed E-state index contributed by atoms with van der Waals surface area (Å²) >= 11 is 0. The van der Waals surface area contributed by atoms with Gasteiger partial charge < -0.3 is 9.30 Å². The number of nitrogens with zero attached hydrogens (tertiary/aromatic N) is 2. The molecule has 9 aromatic carbocycles. The fourth-order valence-corrected chi connectivity index (χ4v) is 17.0. The van der Waals surface area contributed by atoms with Crippen LogP contribution in [0.15, 0.2) is 206 Å². The largest absolute Gasteiger partial charge is 0.310 e. The predicted molar refractivity (Wildman–Crippen MR) is 254 cm³/mol. The SMILES string of the molecule is Cc1ccc2c(c1)C1(c3cc(C)ccc3N2c2cc3c4ccccc4n4c5ccccc5c(c2)c34)c2ccccc2[Si](c2ccccc2)(c2ccccc2)c2ccccc21. The van der Waals surface area contributed by atoms with Crippen LogP contribution in [0.4, 0.5) is 17.1 Å². The Labute approximate surface area is 350 Å². The molecular weight excluding hydrogens is 741 g/mol. The molecule has 2 aliphatic heterocycles. The molecule has 11 aromatic rings. The number of benzene rings is 9. The summed E-state index contributed by atoms with van der Waals surface area (Å²) in [5, 5.41) is 10.8. The van der Waals surface area contributed by atoms with E-state index in [9.17, 15) is 0 Å². The first-order valence-corrected chi connectivity index (χ1v) is 23.1. The van der Waals surface area contributed by atoms with E-state index in [2.05, 4.69) is 229 Å². The molecule has 0 radical (unpaired) electrons. The molecule has 0 saturated carbocycles. The summed E-state index contributed by atoms with van der Waals surface area (Å²) < 4.78 is 2.48. The fourth-order valence-electron chi connectivity index (χ4n) is 11.7. The van der Waals surface area contributed by atoms with Crippen LogP contribution in [0.1, 0.15) is 33.4 Å². The van der Waals surface area contributed by atoms with E-state index in [1.165, 1.54) is 109 Å². The zero-order chi connectivity index (χ0) is 39.7. The first-order chi connectivity index (χ1) is 29.6. The van der Waals surface area contributed by atoms with Gasteiger partial charge in [0, 0.05) is 27.2 Å². The second-order valence-electron chi connectivity index (χ2n) is 17.0. The highest BCUT2D eigenvalue weighted by Gasteiger charge is 2.57. The van der Waals surface area contributed by atoms with Gasteiger partial charge in [0.05, 0.1) is 33.3 Å². The van der Waals surface area contributed by atoms with Gasteiger partial charge in [-0.2, -0.15) is 0 Å². The second kappa shape index (κ2) is 12.2. The maximum absolute atomic E-state index is 2.84. The van der Waals surface area contributed by atoms with Crippen LogP contribution < -0.4 is 25.6 Å². The molecule has 3 heteroatoms. The molecule has 60 heavy (non-hydrogen) atoms. The Hall–Kier alpha value is -7.20. The molecule has 2 aliphatic rings. The Bertz CT molecular complexity index is 3300. The average Bonchev–Trinajstić information content (AvgIpc) is 3.82. The number of hydrogen-bond donors (Lipinski definition) is 0. The summed E-state index contributed by atoms with van der Waals surface area (Å²) in [6.45, 7) is 4.52. The second-order valence-corrected chi connectivity index (χ2v) is 20.7. The van der Waals surface area contributed by atoms with Crippen LogP contribution in [0.3, 0.4) is 0 Å². The predicted octanol–water partition coefficient (Wildman–Crippen LogP) is 11.3. The molecule has 4 heterocycles. The van der Waals surface area contributed by atoms with Crippen molar-refractivity contribution in [2.24, 2.45) is 0 Å². The van der Waals surface area contributed by atoms with E-state index in [-0.39, 0.29) is 0 Å². The van der Waals surface area contributed by atoms with Crippen LogP contribution in [0.2, 0.25) is 0 Å². The van der Waals surface area contributed by atoms with Crippen molar-refractivity contribution in [3.63, 3.8) is 0 Å². The minimum Gasteiger partial charge on any atom is -0.310 e. The molecule has 0 fully saturated rings. The van der Waals surface area contributed by atoms with Crippen LogP contribution in [0.25, 0.3) is 38.1 Å². The topological polar surface area (TPSA) is 7.65 Å². The van der Waals surface area contributed by atoms with E-state index in [0.29, 0.717) is 0 Å². The lowest BCUT2D eigenvalue weighted by Crippen LogP contribution is -2.79. The van der Waals surface area contributed by atoms with Crippen LogP contribution in [-0.4, -0.2) is 12.5 Å². The maximum Gasteiger partial charge on any atom is 0.180 e. The summed E-state index contributed by atoms with van der Waals surface area (Å²) in [4.78, 5) is 2.58. The van der Waals surface area contributed by atoms with E-state index in [1.54, 1.807) is 0 Å². The average molecular weight is 781 g/mol. The van der Waals surface area contributed by atoms with Crippen molar-refractivity contribution in [3.8, 4) is 0 Å². The van der Waals surface area contributed by atoms with Gasteiger partial charge in [-0.25, -0.2) is 0 Å². The van der Waals surface area contributed by atoms with Gasteiger partial charge in [-0.3, -0.25) is 0 Å². The Morgan fingerprint density at radius 2 is 0.817 bits per heavy atom. The Balaban J connectivity index is 1.18. The molecule has 0 aliphatic carbocycles. The Morgan fingerprint density at radius 3 is 1.32 bits per heavy atom. The molecule has 282 valence electrons. The lowest BCUT2D eigenvalue weighted by atomic mass is 9.61. The molecule has 0 N–H and O–H groups in total. The molecule has 0 unspecified atom stereocenters. The first-order valence-electron chi connectivity index (χ1n) is 21.1. The molecule has 2 aromatic heterocycles. The molecule has 0 atom stereocenters. The normalized spacial score (nSPS) is 14.7. The molecule has 13 rings (SSSR count). The summed E-state index contributed by atoms with van der Waals surface area (Å²) in [6, 6.07) is 79.0. The van der Waals surface area contributed by atoms with Gasteiger partial charge in [0.15, 0.2) is 8.07 Å². The van der Waals surface area contributed by atoms with Gasteiger partial charge in [0.1, 0.15) is 0 Å². The lowest BCUT2D eigenvalue weighted by molar-refractivity contribution is 0.734. The van der Waals surface area contributed by atoms with Crippen molar-refractivity contribution < 1.29 is 0 Å². The van der Waals surface area contributed by atoms with Crippen molar-refractivity contribution in [2.75, 3.05) is 4.90 Å². The van der Waals surface area contributed by atoms with Crippen LogP contribution >= 0.6 is 0 Å². The fraction of sp³-hybridized carbons (Fsp3) is 0.0526. The third kappa shape index (κ3) is 4.12. The summed E-state index contributed by atoms with van der Waals surface area (Å²) in [7, 11) is -2.84. The number of rotatable bonds is 3. The van der Waals surface area contributed by atoms with E-state index in [4.69, 9.17) is 0 Å². The van der Waals surface area contributed by atoms with E-state index < -0.39 is 13.5 Å². The third-order valence-corrected chi connectivity index (χ3v) is 18.8. The number of anilines is 3. The molecule has 2 nitrogen and oxygen atoms in total. The zero-order valence-electron chi connectivity index (χ0n) is 33.5. The van der Waals surface area contributed by atoms with Gasteiger partial charge in [-0.15, -0.1) is 0 Å². The van der Waals surface area contributed by atoms with E-state index in [1.807, 2.05) is 0 Å². The standard InChI is InChI=1S/C57H40N2Si/c1-37-29-31-52-48(33-37)57(46-23-11-15-27-54(46)60(40-17-5-3-6-18-40,41-19-7-4-8-20-41)55-28-16-12-24-47(55)57)49-34-38(2)30-32-53(49)58(52)39-35-44-42-21-9-13-25-50(42)59-51-26-14-10-22-43(51)45(36-39)56(44)59/h3-36H,1-2H3. The van der Waals surface area contributed by atoms with Gasteiger partial charge >= 0.3 is 0 Å². The number of aromatic nitrogens is 1. The highest BCUT2D eigenvalue weighted by molar-refractivity contribution is 7.20. The minimum atomic E-state index is -2.84. The van der Waals surface area contributed by atoms with Gasteiger partial charge in [0.2, 0.25) is 0 Å². The van der Waals surface area contributed by atoms with Crippen molar-refractivity contribution >= 4 is 84.0 Å². The molecule has 0 bridgehead atoms. The lowest BCUT2D eigenvalue weighted by Gasteiger charge is -2.53. The minimum absolute atomic E-state index is 0.587. The molecule has 0 saturated heterocycles. The van der Waals surface area contributed by atoms with Crippen molar-refractivity contribution in [3.05, 3.63) is 240 Å². The van der Waals surface area contributed by atoms with Gasteiger partial charge in [0.25, 0.3) is 0 Å². The molecule has 0 amide bonds. The van der Waals surface area contributed by atoms with E-state index >= 15 is 0 Å². The third-order valence-electron chi connectivity index (χ3n) is 13.9. The molecule has 1 spiro atoms. The quantitative estimate of drug-likeness (QED) is 0.162. The number of aryl methyl sites for hydroxylation is 2. The number of fused-ring (bicyclic) bond motifs is 14. The monoisotopic (exact) mass is 780 g/mol. The highest BCUT2D eigenvalue weighted by Crippen LogP contribution is 2.59. The van der Waals surface area contributed by atoms with Crippen molar-refractivity contribution in [2.45, 2.75) is 19.3 Å². The summed E-state index contributed by atoms with van der Waals surface area (Å²) in [5.41, 5.74) is 14.7. The first kappa shape index (κ1) is 33.7. The highest BCUT2D eigenvalue weighted by atomic mass is 28.3. The van der Waals surface area contributed by atoms with Gasteiger partial charge in [-0.05, 0) is 93.2 Å². The van der Waals surface area contributed by atoms with Crippen LogP contribution in [0.5, 0.6) is 0 Å². The number of para-hydroxylation sites is 2. The number of hydrogen-bond acceptors (Lipinski definition) is 1. The van der Waals surface area contributed by atoms with Crippen LogP contribution in [0, 0.1) is 13.8 Å². The van der Waals surface area contributed by atoms with Crippen LogP contribution in [-0.2, 0) is 5.41 Å². The summed E-state index contributed by atoms with van der Waals surface area (Å²) in [6.07, 6.45) is 0. The zero-order valence-corrected chi connectivity index (χ0v) is 34.5. The van der Waals surface area contributed by atoms with Gasteiger partial charge in [-0.1, -0.05) is 181 Å². The van der Waals surface area contributed by atoms with Crippen molar-refractivity contribution in [1.82, 2.24) is 4.40 Å². The Morgan fingerprint density at radius 1 is 0.383 bits per heavy atom. The summed E-state index contributed by atoms with van der Waals surface area (Å²) in [5.74, 6) is 0. The van der Waals surface area contributed by atoms with E-state index in [0.717, 1.165) is 0 Å². The Kier molecular flexibility index (Phi) is 6.84. The molecular formula is C57H40N2Si.